The first kappa shape index (κ1) is 16.9. The molecule has 6 heteroatoms. The van der Waals surface area contributed by atoms with Gasteiger partial charge in [-0.2, -0.15) is 0 Å². The molecule has 0 amide bonds. The van der Waals surface area contributed by atoms with Crippen molar-refractivity contribution in [2.75, 3.05) is 10.6 Å². The summed E-state index contributed by atoms with van der Waals surface area (Å²) in [7, 11) is 0. The van der Waals surface area contributed by atoms with Crippen LogP contribution in [0.3, 0.4) is 0 Å². The van der Waals surface area contributed by atoms with Crippen molar-refractivity contribution in [1.82, 2.24) is 9.97 Å². The highest BCUT2D eigenvalue weighted by atomic mass is 35.5. The second-order valence-corrected chi connectivity index (χ2v) is 6.02. The van der Waals surface area contributed by atoms with Crippen molar-refractivity contribution in [3.8, 4) is 0 Å². The van der Waals surface area contributed by atoms with Gasteiger partial charge >= 0.3 is 0 Å². The van der Waals surface area contributed by atoms with Crippen LogP contribution in [0.1, 0.15) is 23.1 Å². The molecule has 0 aliphatic carbocycles. The molecule has 0 atom stereocenters. The highest BCUT2D eigenvalue weighted by molar-refractivity contribution is 6.30. The lowest BCUT2D eigenvalue weighted by molar-refractivity contribution is 0.101. The molecule has 2 N–H and O–H groups in total. The molecule has 1 heterocycles. The van der Waals surface area contributed by atoms with Crippen LogP contribution in [0.5, 0.6) is 0 Å². The van der Waals surface area contributed by atoms with E-state index in [2.05, 4.69) is 20.6 Å². The van der Waals surface area contributed by atoms with E-state index in [0.29, 0.717) is 28.0 Å². The molecule has 0 saturated carbocycles. The van der Waals surface area contributed by atoms with Crippen LogP contribution in [0.25, 0.3) is 0 Å². The van der Waals surface area contributed by atoms with E-state index in [0.717, 1.165) is 11.4 Å². The second-order valence-electron chi connectivity index (χ2n) is 5.58. The third kappa shape index (κ3) is 4.55. The molecule has 25 heavy (non-hydrogen) atoms. The number of halogens is 1. The van der Waals surface area contributed by atoms with Crippen LogP contribution in [0.4, 0.5) is 23.0 Å². The quantitative estimate of drug-likeness (QED) is 0.623. The largest absolute Gasteiger partial charge is 0.340 e. The summed E-state index contributed by atoms with van der Waals surface area (Å²) in [6.07, 6.45) is 0. The fourth-order valence-electron chi connectivity index (χ4n) is 2.34. The number of ketones is 1. The Labute approximate surface area is 151 Å². The van der Waals surface area contributed by atoms with Gasteiger partial charge in [0.1, 0.15) is 17.5 Å². The molecule has 0 saturated heterocycles. The molecule has 0 spiro atoms. The zero-order chi connectivity index (χ0) is 17.8. The number of hydrogen-bond donors (Lipinski definition) is 2. The highest BCUT2D eigenvalue weighted by Crippen LogP contribution is 2.22. The highest BCUT2D eigenvalue weighted by Gasteiger charge is 2.05. The van der Waals surface area contributed by atoms with Gasteiger partial charge in [-0.25, -0.2) is 9.97 Å². The number of anilines is 4. The topological polar surface area (TPSA) is 66.9 Å². The van der Waals surface area contributed by atoms with Crippen molar-refractivity contribution in [3.05, 3.63) is 71.0 Å². The van der Waals surface area contributed by atoms with Crippen LogP contribution in [0, 0.1) is 6.92 Å². The molecule has 3 rings (SSSR count). The SMILES string of the molecule is CC(=O)c1cccc(Nc2cc(Nc3ccc(Cl)cc3)nc(C)n2)c1. The van der Waals surface area contributed by atoms with E-state index in [1.807, 2.05) is 49.4 Å². The van der Waals surface area contributed by atoms with Gasteiger partial charge in [-0.05, 0) is 50.2 Å². The van der Waals surface area contributed by atoms with Gasteiger partial charge < -0.3 is 10.6 Å². The Bertz CT molecular complexity index is 910. The first-order valence-electron chi connectivity index (χ1n) is 7.76. The summed E-state index contributed by atoms with van der Waals surface area (Å²) in [6, 6.07) is 16.5. The van der Waals surface area contributed by atoms with Gasteiger partial charge in [0.25, 0.3) is 0 Å². The third-order valence-electron chi connectivity index (χ3n) is 3.50. The smallest absolute Gasteiger partial charge is 0.159 e. The molecule has 2 aromatic carbocycles. The lowest BCUT2D eigenvalue weighted by atomic mass is 10.1. The second kappa shape index (κ2) is 7.32. The Hall–Kier alpha value is -2.92. The Morgan fingerprint density at radius 2 is 1.56 bits per heavy atom. The maximum absolute atomic E-state index is 11.5. The number of carbonyl (C=O) groups is 1. The predicted octanol–water partition coefficient (Wildman–Crippen LogP) is 5.13. The van der Waals surface area contributed by atoms with Gasteiger partial charge in [-0.15, -0.1) is 0 Å². The molecule has 0 unspecified atom stereocenters. The van der Waals surface area contributed by atoms with Crippen LogP contribution in [-0.4, -0.2) is 15.8 Å². The summed E-state index contributed by atoms with van der Waals surface area (Å²) >= 11 is 5.90. The minimum absolute atomic E-state index is 0.0209. The van der Waals surface area contributed by atoms with E-state index >= 15 is 0 Å². The normalized spacial score (nSPS) is 10.4. The lowest BCUT2D eigenvalue weighted by Gasteiger charge is -2.11. The van der Waals surface area contributed by atoms with Crippen molar-refractivity contribution in [2.45, 2.75) is 13.8 Å². The minimum Gasteiger partial charge on any atom is -0.340 e. The Morgan fingerprint density at radius 3 is 2.20 bits per heavy atom. The number of rotatable bonds is 5. The molecule has 5 nitrogen and oxygen atoms in total. The number of benzene rings is 2. The number of hydrogen-bond acceptors (Lipinski definition) is 5. The van der Waals surface area contributed by atoms with Crippen LogP contribution < -0.4 is 10.6 Å². The maximum atomic E-state index is 11.5. The van der Waals surface area contributed by atoms with Crippen molar-refractivity contribution in [1.29, 1.82) is 0 Å². The van der Waals surface area contributed by atoms with Crippen molar-refractivity contribution >= 4 is 40.4 Å². The average Bonchev–Trinajstić information content (AvgIpc) is 2.57. The van der Waals surface area contributed by atoms with Crippen LogP contribution in [-0.2, 0) is 0 Å². The summed E-state index contributed by atoms with van der Waals surface area (Å²) in [5, 5.41) is 7.11. The zero-order valence-electron chi connectivity index (χ0n) is 13.9. The zero-order valence-corrected chi connectivity index (χ0v) is 14.6. The standard InChI is InChI=1S/C19H17ClN4O/c1-12(25)14-4-3-5-17(10-14)24-19-11-18(21-13(2)22-19)23-16-8-6-15(20)7-9-16/h3-11H,1-2H3,(H2,21,22,23,24). The van der Waals surface area contributed by atoms with Gasteiger partial charge in [0.15, 0.2) is 5.78 Å². The molecule has 1 aromatic heterocycles. The van der Waals surface area contributed by atoms with E-state index in [1.54, 1.807) is 19.1 Å². The molecular weight excluding hydrogens is 336 g/mol. The van der Waals surface area contributed by atoms with Crippen molar-refractivity contribution in [3.63, 3.8) is 0 Å². The van der Waals surface area contributed by atoms with Crippen LogP contribution >= 0.6 is 11.6 Å². The summed E-state index contributed by atoms with van der Waals surface area (Å²) < 4.78 is 0. The van der Waals surface area contributed by atoms with Gasteiger partial charge in [0.2, 0.25) is 0 Å². The minimum atomic E-state index is 0.0209. The van der Waals surface area contributed by atoms with E-state index in [-0.39, 0.29) is 5.78 Å². The fraction of sp³-hybridized carbons (Fsp3) is 0.105. The summed E-state index contributed by atoms with van der Waals surface area (Å²) in [5.74, 6) is 1.96. The summed E-state index contributed by atoms with van der Waals surface area (Å²) in [5.41, 5.74) is 2.32. The Morgan fingerprint density at radius 1 is 0.920 bits per heavy atom. The molecule has 0 radical (unpaired) electrons. The lowest BCUT2D eigenvalue weighted by Crippen LogP contribution is -2.02. The van der Waals surface area contributed by atoms with Gasteiger partial charge in [-0.1, -0.05) is 23.7 Å². The average molecular weight is 353 g/mol. The molecule has 3 aromatic rings. The van der Waals surface area contributed by atoms with Crippen LogP contribution in [0.15, 0.2) is 54.6 Å². The van der Waals surface area contributed by atoms with E-state index in [9.17, 15) is 4.79 Å². The van der Waals surface area contributed by atoms with Gasteiger partial charge in [0.05, 0.1) is 0 Å². The number of aryl methyl sites for hydroxylation is 1. The number of Topliss-reactive ketones (excluding diaryl/α,β-unsaturated/α-hetero) is 1. The summed E-state index contributed by atoms with van der Waals surface area (Å²) in [6.45, 7) is 3.37. The number of aromatic nitrogens is 2. The van der Waals surface area contributed by atoms with Crippen LogP contribution in [0.2, 0.25) is 5.02 Å². The molecular formula is C19H17ClN4O. The molecule has 0 fully saturated rings. The Kier molecular flexibility index (Phi) is 4.95. The first-order chi connectivity index (χ1) is 12.0. The number of nitrogens with zero attached hydrogens (tertiary/aromatic N) is 2. The maximum Gasteiger partial charge on any atom is 0.159 e. The molecule has 0 aliphatic rings. The van der Waals surface area contributed by atoms with Gasteiger partial charge in [-0.3, -0.25) is 4.79 Å². The van der Waals surface area contributed by atoms with E-state index < -0.39 is 0 Å². The monoisotopic (exact) mass is 352 g/mol. The number of carbonyl (C=O) groups excluding carboxylic acids is 1. The molecule has 0 bridgehead atoms. The molecule has 126 valence electrons. The molecule has 0 aliphatic heterocycles. The Balaban J connectivity index is 1.83. The van der Waals surface area contributed by atoms with E-state index in [4.69, 9.17) is 11.6 Å². The summed E-state index contributed by atoms with van der Waals surface area (Å²) in [4.78, 5) is 20.3. The fourth-order valence-corrected chi connectivity index (χ4v) is 2.47. The van der Waals surface area contributed by atoms with Crippen molar-refractivity contribution < 1.29 is 4.79 Å². The van der Waals surface area contributed by atoms with E-state index in [1.165, 1.54) is 0 Å². The van der Waals surface area contributed by atoms with Gasteiger partial charge in [0, 0.05) is 28.0 Å². The number of nitrogens with one attached hydrogen (secondary N) is 2. The predicted molar refractivity (Wildman–Crippen MR) is 101 cm³/mol. The van der Waals surface area contributed by atoms with Crippen molar-refractivity contribution in [2.24, 2.45) is 0 Å². The third-order valence-corrected chi connectivity index (χ3v) is 3.75. The first-order valence-corrected chi connectivity index (χ1v) is 8.14.